The maximum Gasteiger partial charge on any atom is 3.00 e. The minimum Gasteiger partial charge on any atom is -0.746 e. The van der Waals surface area contributed by atoms with Crippen LogP contribution in [-0.4, -0.2) is 56.9 Å². The van der Waals surface area contributed by atoms with Crippen LogP contribution in [0.4, 0.5) is 13.2 Å². The predicted molar refractivity (Wildman–Crippen MR) is 47.0 cm³/mol. The molecule has 0 aromatic rings. The van der Waals surface area contributed by atoms with E-state index in [0.29, 0.717) is 0 Å². The normalized spacial score (nSPS) is 11.1. The number of alkyl halides is 3. The zero-order chi connectivity index (χ0) is 15.6. The van der Waals surface area contributed by atoms with E-state index in [1.54, 1.807) is 0 Å². The van der Waals surface area contributed by atoms with Gasteiger partial charge in [-0.2, -0.15) is 0 Å². The van der Waals surface area contributed by atoms with Crippen LogP contribution in [0.5, 0.6) is 0 Å². The van der Waals surface area contributed by atoms with Crippen molar-refractivity contribution < 1.29 is 92.5 Å². The van der Waals surface area contributed by atoms with E-state index in [1.807, 2.05) is 0 Å². The van der Waals surface area contributed by atoms with Gasteiger partial charge in [-0.3, -0.25) is 0 Å². The second-order valence-corrected chi connectivity index (χ2v) is 6.00. The molecule has 117 valence electrons. The SMILES string of the molecule is O=S(=O)([O-])CF.O=S(=O)([O-])CF.O=S(=O)([O-])CF.[Sm+3]. The molecule has 0 spiro atoms. The average molecular weight is 490 g/mol. The molecule has 19 heavy (non-hydrogen) atoms. The summed E-state index contributed by atoms with van der Waals surface area (Å²) in [4.78, 5) is 0. The van der Waals surface area contributed by atoms with Crippen LogP contribution in [-0.2, 0) is 30.4 Å². The monoisotopic (exact) mass is 491 g/mol. The summed E-state index contributed by atoms with van der Waals surface area (Å²) in [6.07, 6.45) is 0. The summed E-state index contributed by atoms with van der Waals surface area (Å²) in [5.74, 6) is 0. The Morgan fingerprint density at radius 1 is 0.579 bits per heavy atom. The van der Waals surface area contributed by atoms with Crippen LogP contribution in [0, 0.1) is 40.4 Å². The summed E-state index contributed by atoms with van der Waals surface area (Å²) in [7, 11) is -13.7. The molecular weight excluding hydrogens is 484 g/mol. The van der Waals surface area contributed by atoms with Gasteiger partial charge in [0, 0.05) is 0 Å². The van der Waals surface area contributed by atoms with E-state index >= 15 is 0 Å². The summed E-state index contributed by atoms with van der Waals surface area (Å²) in [5.41, 5.74) is 0. The van der Waals surface area contributed by atoms with Crippen LogP contribution in [0.3, 0.4) is 0 Å². The average Bonchev–Trinajstić information content (AvgIpc) is 2.16. The molecule has 9 nitrogen and oxygen atoms in total. The number of hydrogen-bond acceptors (Lipinski definition) is 9. The van der Waals surface area contributed by atoms with E-state index in [1.165, 1.54) is 0 Å². The zero-order valence-corrected chi connectivity index (χ0v) is 13.6. The third-order valence-electron chi connectivity index (χ3n) is 0.401. The zero-order valence-electron chi connectivity index (χ0n) is 8.56. The molecule has 0 rings (SSSR count). The van der Waals surface area contributed by atoms with Crippen LogP contribution in [0.1, 0.15) is 0 Å². The fourth-order valence-corrected chi connectivity index (χ4v) is 0. The van der Waals surface area contributed by atoms with Gasteiger partial charge in [-0.25, -0.2) is 38.4 Å². The Labute approximate surface area is 139 Å². The third kappa shape index (κ3) is 55.1. The van der Waals surface area contributed by atoms with Crippen molar-refractivity contribution in [3.63, 3.8) is 0 Å². The Bertz CT molecular complexity index is 420. The summed E-state index contributed by atoms with van der Waals surface area (Å²) >= 11 is 0. The molecule has 0 saturated carbocycles. The van der Waals surface area contributed by atoms with Gasteiger partial charge in [-0.15, -0.1) is 0 Å². The van der Waals surface area contributed by atoms with E-state index in [0.717, 1.165) is 0 Å². The smallest absolute Gasteiger partial charge is 0.746 e. The Morgan fingerprint density at radius 2 is 0.632 bits per heavy atom. The molecule has 0 aliphatic carbocycles. The molecule has 0 aromatic heterocycles. The summed E-state index contributed by atoms with van der Waals surface area (Å²) in [6.45, 7) is 0. The molecule has 0 atom stereocenters. The molecule has 0 saturated heterocycles. The topological polar surface area (TPSA) is 172 Å². The van der Waals surface area contributed by atoms with Crippen molar-refractivity contribution in [1.29, 1.82) is 0 Å². The van der Waals surface area contributed by atoms with E-state index in [2.05, 4.69) is 0 Å². The molecule has 0 amide bonds. The number of hydrogen-bond donors (Lipinski definition) is 0. The first kappa shape index (κ1) is 28.1. The molecule has 0 aliphatic rings. The molecule has 0 unspecified atom stereocenters. The van der Waals surface area contributed by atoms with Crippen molar-refractivity contribution in [3.05, 3.63) is 0 Å². The van der Waals surface area contributed by atoms with E-state index in [4.69, 9.17) is 38.9 Å². The van der Waals surface area contributed by atoms with Crippen LogP contribution in [0.25, 0.3) is 0 Å². The second-order valence-electron chi connectivity index (χ2n) is 2.00. The van der Waals surface area contributed by atoms with Gasteiger partial charge in [0.2, 0.25) is 0 Å². The van der Waals surface area contributed by atoms with E-state index < -0.39 is 48.4 Å². The van der Waals surface area contributed by atoms with Crippen LogP contribution >= 0.6 is 0 Å². The first-order valence-electron chi connectivity index (χ1n) is 3.17. The van der Waals surface area contributed by atoms with Gasteiger partial charge in [0.25, 0.3) is 0 Å². The van der Waals surface area contributed by atoms with Crippen molar-refractivity contribution in [2.75, 3.05) is 18.0 Å². The fourth-order valence-electron chi connectivity index (χ4n) is 0. The van der Waals surface area contributed by atoms with Crippen molar-refractivity contribution >= 4 is 30.4 Å². The van der Waals surface area contributed by atoms with Crippen LogP contribution in [0.2, 0.25) is 0 Å². The molecular formula is C3H6F3O9S3Sm. The molecule has 0 aliphatic heterocycles. The summed E-state index contributed by atoms with van der Waals surface area (Å²) < 4.78 is 113. The molecule has 16 heteroatoms. The summed E-state index contributed by atoms with van der Waals surface area (Å²) in [6, 6.07) is -5.44. The van der Waals surface area contributed by atoms with Gasteiger partial charge >= 0.3 is 40.4 Å². The first-order chi connectivity index (χ1) is 7.68. The van der Waals surface area contributed by atoms with Gasteiger partial charge < -0.3 is 13.7 Å². The van der Waals surface area contributed by atoms with E-state index in [-0.39, 0.29) is 40.4 Å². The van der Waals surface area contributed by atoms with Crippen LogP contribution < -0.4 is 0 Å². The van der Waals surface area contributed by atoms with Gasteiger partial charge in [0.05, 0.1) is 0 Å². The van der Waals surface area contributed by atoms with Crippen molar-refractivity contribution in [1.82, 2.24) is 0 Å². The molecule has 0 heterocycles. The van der Waals surface area contributed by atoms with Gasteiger partial charge in [0.15, 0.2) is 18.0 Å². The second kappa shape index (κ2) is 12.6. The quantitative estimate of drug-likeness (QED) is 0.422. The molecule has 0 fully saturated rings. The standard InChI is InChI=1S/3CH3FO3S.Sm/c3*2-1-6(3,4)5;/h3*1H2,(H,3,4,5);/q;;;+3/p-3. The molecule has 0 bridgehead atoms. The number of halogens is 3. The Hall–Kier alpha value is 0.858. The van der Waals surface area contributed by atoms with Crippen LogP contribution in [0.15, 0.2) is 0 Å². The Morgan fingerprint density at radius 3 is 0.632 bits per heavy atom. The third-order valence-corrected chi connectivity index (χ3v) is 1.20. The minimum absolute atomic E-state index is 0. The fraction of sp³-hybridized carbons (Fsp3) is 1.00. The van der Waals surface area contributed by atoms with Crippen molar-refractivity contribution in [2.24, 2.45) is 0 Å². The first-order valence-corrected chi connectivity index (χ1v) is 7.90. The Balaban J connectivity index is -0.0000000865. The van der Waals surface area contributed by atoms with Crippen molar-refractivity contribution in [2.45, 2.75) is 0 Å². The molecule has 0 aromatic carbocycles. The summed E-state index contributed by atoms with van der Waals surface area (Å²) in [5, 5.41) is 0. The maximum absolute atomic E-state index is 10.6. The van der Waals surface area contributed by atoms with Gasteiger partial charge in [0.1, 0.15) is 30.4 Å². The van der Waals surface area contributed by atoms with Gasteiger partial charge in [-0.1, -0.05) is 0 Å². The van der Waals surface area contributed by atoms with Gasteiger partial charge in [-0.05, 0) is 0 Å². The minimum atomic E-state index is -4.58. The van der Waals surface area contributed by atoms with E-state index in [9.17, 15) is 13.2 Å². The predicted octanol–water partition coefficient (Wildman–Crippen LogP) is -1.62. The van der Waals surface area contributed by atoms with Crippen molar-refractivity contribution in [3.8, 4) is 0 Å². The maximum atomic E-state index is 10.6. The largest absolute Gasteiger partial charge is 3.00 e. The Kier molecular flexibility index (Phi) is 18.6. The number of rotatable bonds is 3. The molecule has 0 N–H and O–H groups in total. The molecule has 1 radical (unpaired) electrons.